The molecule has 2 N–H and O–H groups in total. The molecule has 0 aliphatic heterocycles. The van der Waals surface area contributed by atoms with Crippen molar-refractivity contribution in [3.05, 3.63) is 29.6 Å². The van der Waals surface area contributed by atoms with Crippen molar-refractivity contribution in [2.24, 2.45) is 5.73 Å². The maximum atomic E-state index is 13.6. The van der Waals surface area contributed by atoms with Crippen molar-refractivity contribution in [1.29, 1.82) is 0 Å². The molecule has 4 nitrogen and oxygen atoms in total. The van der Waals surface area contributed by atoms with Crippen LogP contribution in [0.4, 0.5) is 13.2 Å². The van der Waals surface area contributed by atoms with Gasteiger partial charge in [-0.05, 0) is 24.6 Å². The Morgan fingerprint density at radius 1 is 1.45 bits per heavy atom. The minimum atomic E-state index is -3.93. The van der Waals surface area contributed by atoms with E-state index in [2.05, 4.69) is 9.47 Å². The molecule has 0 fully saturated rings. The lowest BCUT2D eigenvalue weighted by atomic mass is 10.0. The van der Waals surface area contributed by atoms with Crippen LogP contribution in [0.2, 0.25) is 0 Å². The van der Waals surface area contributed by atoms with Crippen LogP contribution in [0.25, 0.3) is 0 Å². The van der Waals surface area contributed by atoms with Gasteiger partial charge in [0.25, 0.3) is 0 Å². The fraction of sp³-hybridized carbons (Fsp3) is 0.417. The Hall–Kier alpha value is -1.47. The van der Waals surface area contributed by atoms with E-state index in [1.165, 1.54) is 20.1 Å². The van der Waals surface area contributed by atoms with Crippen LogP contribution in [0.1, 0.15) is 18.5 Å². The predicted molar refractivity (Wildman–Crippen MR) is 68.7 cm³/mol. The summed E-state index contributed by atoms with van der Waals surface area (Å²) in [5, 5.41) is 0. The second kappa shape index (κ2) is 7.35. The number of benzene rings is 1. The maximum absolute atomic E-state index is 13.6. The lowest BCUT2D eigenvalue weighted by molar-refractivity contribution is -0.174. The van der Waals surface area contributed by atoms with Crippen molar-refractivity contribution in [1.82, 2.24) is 0 Å². The number of carbonyl (C=O) groups is 1. The number of halogens is 4. The zero-order valence-electron chi connectivity index (χ0n) is 10.9. The number of nitrogens with two attached hydrogens (primary N) is 1. The molecule has 0 spiro atoms. The minimum absolute atomic E-state index is 0. The third-order valence-electron chi connectivity index (χ3n) is 2.47. The Labute approximate surface area is 120 Å². The minimum Gasteiger partial charge on any atom is -0.494 e. The number of esters is 1. The first-order valence-corrected chi connectivity index (χ1v) is 5.48. The fourth-order valence-electron chi connectivity index (χ4n) is 1.44. The molecule has 20 heavy (non-hydrogen) atoms. The molecule has 8 heteroatoms. The van der Waals surface area contributed by atoms with Crippen molar-refractivity contribution in [3.8, 4) is 5.75 Å². The second-order valence-electron chi connectivity index (χ2n) is 3.72. The zero-order chi connectivity index (χ0) is 14.6. The van der Waals surface area contributed by atoms with Crippen molar-refractivity contribution >= 4 is 18.4 Å². The lowest BCUT2D eigenvalue weighted by Crippen LogP contribution is -2.41. The van der Waals surface area contributed by atoms with E-state index in [1.54, 1.807) is 0 Å². The molecule has 0 unspecified atom stereocenters. The molecule has 1 aromatic rings. The van der Waals surface area contributed by atoms with E-state index in [0.29, 0.717) is 0 Å². The average molecular weight is 314 g/mol. The highest BCUT2D eigenvalue weighted by Gasteiger charge is 2.47. The standard InChI is InChI=1S/C12H14F3NO3.ClH/c1-3-19-11(17)12(14,15)10(16)7-4-5-9(18-2)8(13)6-7;/h4-6,10H,3,16H2,1-2H3;1H/t10-;/m1./s1. The van der Waals surface area contributed by atoms with Crippen molar-refractivity contribution in [2.75, 3.05) is 13.7 Å². The summed E-state index contributed by atoms with van der Waals surface area (Å²) in [4.78, 5) is 11.1. The third-order valence-corrected chi connectivity index (χ3v) is 2.47. The smallest absolute Gasteiger partial charge is 0.379 e. The van der Waals surface area contributed by atoms with E-state index < -0.39 is 23.8 Å². The normalized spacial score (nSPS) is 12.3. The van der Waals surface area contributed by atoms with Gasteiger partial charge in [-0.25, -0.2) is 9.18 Å². The molecule has 0 bridgehead atoms. The maximum Gasteiger partial charge on any atom is 0.379 e. The Kier molecular flexibility index (Phi) is 6.81. The van der Waals surface area contributed by atoms with Crippen LogP contribution in [-0.4, -0.2) is 25.6 Å². The van der Waals surface area contributed by atoms with Crippen LogP contribution in [0.3, 0.4) is 0 Å². The molecule has 0 aliphatic carbocycles. The summed E-state index contributed by atoms with van der Waals surface area (Å²) < 4.78 is 49.6. The van der Waals surface area contributed by atoms with Gasteiger partial charge in [0, 0.05) is 0 Å². The van der Waals surface area contributed by atoms with Gasteiger partial charge in [0.05, 0.1) is 13.7 Å². The van der Waals surface area contributed by atoms with Gasteiger partial charge in [-0.1, -0.05) is 6.07 Å². The molecule has 114 valence electrons. The van der Waals surface area contributed by atoms with Crippen LogP contribution >= 0.6 is 12.4 Å². The summed E-state index contributed by atoms with van der Waals surface area (Å²) in [5.74, 6) is -6.61. The lowest BCUT2D eigenvalue weighted by Gasteiger charge is -2.22. The van der Waals surface area contributed by atoms with Gasteiger partial charge in [-0.2, -0.15) is 8.78 Å². The Balaban J connectivity index is 0.00000361. The molecule has 0 aromatic heterocycles. The zero-order valence-corrected chi connectivity index (χ0v) is 11.7. The number of rotatable bonds is 5. The molecule has 0 aliphatic rings. The van der Waals surface area contributed by atoms with Crippen molar-refractivity contribution < 1.29 is 27.4 Å². The average Bonchev–Trinajstić information content (AvgIpc) is 2.37. The number of hydrogen-bond acceptors (Lipinski definition) is 4. The Morgan fingerprint density at radius 3 is 2.50 bits per heavy atom. The first kappa shape index (κ1) is 18.5. The number of ether oxygens (including phenoxy) is 2. The summed E-state index contributed by atoms with van der Waals surface area (Å²) in [5.41, 5.74) is 5.08. The SMILES string of the molecule is CCOC(=O)C(F)(F)[C@H](N)c1ccc(OC)c(F)c1.Cl. The van der Waals surface area contributed by atoms with Gasteiger partial charge in [0.2, 0.25) is 0 Å². The van der Waals surface area contributed by atoms with Crippen molar-refractivity contribution in [2.45, 2.75) is 18.9 Å². The van der Waals surface area contributed by atoms with E-state index in [0.717, 1.165) is 12.1 Å². The monoisotopic (exact) mass is 313 g/mol. The van der Waals surface area contributed by atoms with Crippen LogP contribution in [0, 0.1) is 5.82 Å². The summed E-state index contributed by atoms with van der Waals surface area (Å²) in [6.45, 7) is 1.20. The molecule has 1 atom stereocenters. The molecule has 0 saturated heterocycles. The molecule has 1 aromatic carbocycles. The molecule has 0 saturated carbocycles. The molecule has 0 radical (unpaired) electrons. The highest BCUT2D eigenvalue weighted by molar-refractivity contribution is 5.85. The number of alkyl halides is 2. The highest BCUT2D eigenvalue weighted by Crippen LogP contribution is 2.32. The van der Waals surface area contributed by atoms with E-state index in [4.69, 9.17) is 5.73 Å². The van der Waals surface area contributed by atoms with Crippen LogP contribution in [0.15, 0.2) is 18.2 Å². The van der Waals surface area contributed by atoms with Crippen molar-refractivity contribution in [3.63, 3.8) is 0 Å². The largest absolute Gasteiger partial charge is 0.494 e. The molecule has 1 rings (SSSR count). The van der Waals surface area contributed by atoms with Gasteiger partial charge < -0.3 is 15.2 Å². The topological polar surface area (TPSA) is 61.5 Å². The predicted octanol–water partition coefficient (Wildman–Crippen LogP) is 2.45. The molecular formula is C12H15ClF3NO3. The first-order chi connectivity index (χ1) is 8.84. The van der Waals surface area contributed by atoms with Crippen LogP contribution < -0.4 is 10.5 Å². The highest BCUT2D eigenvalue weighted by atomic mass is 35.5. The summed E-state index contributed by atoms with van der Waals surface area (Å²) in [7, 11) is 1.24. The van der Waals surface area contributed by atoms with E-state index in [9.17, 15) is 18.0 Å². The molecular weight excluding hydrogens is 299 g/mol. The van der Waals surface area contributed by atoms with E-state index in [-0.39, 0.29) is 30.3 Å². The van der Waals surface area contributed by atoms with Crippen LogP contribution in [-0.2, 0) is 9.53 Å². The summed E-state index contributed by atoms with van der Waals surface area (Å²) in [6.07, 6.45) is 0. The number of methoxy groups -OCH3 is 1. The van der Waals surface area contributed by atoms with E-state index >= 15 is 0 Å². The van der Waals surface area contributed by atoms with Gasteiger partial charge >= 0.3 is 11.9 Å². The summed E-state index contributed by atoms with van der Waals surface area (Å²) in [6, 6.07) is 1.13. The summed E-state index contributed by atoms with van der Waals surface area (Å²) >= 11 is 0. The second-order valence-corrected chi connectivity index (χ2v) is 3.72. The third kappa shape index (κ3) is 3.77. The van der Waals surface area contributed by atoms with Gasteiger partial charge in [0.1, 0.15) is 6.04 Å². The fourth-order valence-corrected chi connectivity index (χ4v) is 1.44. The molecule has 0 amide bonds. The Bertz CT molecular complexity index is 471. The number of carbonyl (C=O) groups excluding carboxylic acids is 1. The van der Waals surface area contributed by atoms with E-state index in [1.807, 2.05) is 0 Å². The first-order valence-electron chi connectivity index (χ1n) is 5.48. The molecule has 0 heterocycles. The van der Waals surface area contributed by atoms with Gasteiger partial charge in [-0.15, -0.1) is 12.4 Å². The van der Waals surface area contributed by atoms with Gasteiger partial charge in [-0.3, -0.25) is 0 Å². The van der Waals surface area contributed by atoms with Crippen LogP contribution in [0.5, 0.6) is 5.75 Å². The van der Waals surface area contributed by atoms with Gasteiger partial charge in [0.15, 0.2) is 11.6 Å². The number of hydrogen-bond donors (Lipinski definition) is 1. The Morgan fingerprint density at radius 2 is 2.05 bits per heavy atom. The quantitative estimate of drug-likeness (QED) is 0.848.